The Kier molecular flexibility index (Phi) is 12.6. The van der Waals surface area contributed by atoms with Crippen LogP contribution in [0, 0.1) is 5.92 Å². The highest BCUT2D eigenvalue weighted by Gasteiger charge is 2.20. The summed E-state index contributed by atoms with van der Waals surface area (Å²) in [7, 11) is 2.05. The molecule has 1 atom stereocenters. The van der Waals surface area contributed by atoms with Gasteiger partial charge in [0.1, 0.15) is 0 Å². The molecular formula is C20H33Cl2N5O3. The van der Waals surface area contributed by atoms with Crippen LogP contribution < -0.4 is 16.4 Å². The van der Waals surface area contributed by atoms with Crippen molar-refractivity contribution in [2.75, 3.05) is 45.1 Å². The number of piperazine rings is 1. The molecule has 0 aliphatic carbocycles. The minimum atomic E-state index is -0.642. The Morgan fingerprint density at radius 1 is 1.10 bits per heavy atom. The van der Waals surface area contributed by atoms with Crippen LogP contribution in [0.2, 0.25) is 0 Å². The zero-order valence-corrected chi connectivity index (χ0v) is 19.4. The predicted molar refractivity (Wildman–Crippen MR) is 123 cm³/mol. The van der Waals surface area contributed by atoms with E-state index >= 15 is 0 Å². The number of amides is 3. The molecule has 3 amide bonds. The van der Waals surface area contributed by atoms with Crippen molar-refractivity contribution in [3.8, 4) is 0 Å². The number of hydrogen-bond donors (Lipinski definition) is 3. The second-order valence-corrected chi connectivity index (χ2v) is 7.60. The molecule has 0 unspecified atom stereocenters. The molecule has 0 spiro atoms. The van der Waals surface area contributed by atoms with E-state index < -0.39 is 6.04 Å². The Hall–Kier alpha value is -1.87. The fraction of sp³-hybridized carbons (Fsp3) is 0.550. The van der Waals surface area contributed by atoms with E-state index in [1.165, 1.54) is 0 Å². The molecule has 8 nitrogen and oxygen atoms in total. The van der Waals surface area contributed by atoms with Crippen molar-refractivity contribution in [3.63, 3.8) is 0 Å². The Labute approximate surface area is 190 Å². The van der Waals surface area contributed by atoms with Crippen molar-refractivity contribution in [3.05, 3.63) is 29.8 Å². The third kappa shape index (κ3) is 8.87. The maximum Gasteiger partial charge on any atom is 0.243 e. The summed E-state index contributed by atoms with van der Waals surface area (Å²) in [6, 6.07) is 6.57. The molecule has 1 aliphatic rings. The Morgan fingerprint density at radius 2 is 1.73 bits per heavy atom. The van der Waals surface area contributed by atoms with Gasteiger partial charge in [0.15, 0.2) is 0 Å². The number of nitrogens with two attached hydrogens (primary N) is 1. The van der Waals surface area contributed by atoms with Crippen LogP contribution in [0.4, 0.5) is 5.69 Å². The first-order chi connectivity index (χ1) is 13.3. The zero-order valence-electron chi connectivity index (χ0n) is 17.7. The maximum atomic E-state index is 12.5. The van der Waals surface area contributed by atoms with Crippen LogP contribution in [-0.4, -0.2) is 73.3 Å². The van der Waals surface area contributed by atoms with E-state index in [2.05, 4.69) is 15.5 Å². The number of nitrogens with one attached hydrogen (secondary N) is 2. The van der Waals surface area contributed by atoms with Gasteiger partial charge in [0.25, 0.3) is 0 Å². The molecule has 4 N–H and O–H groups in total. The summed E-state index contributed by atoms with van der Waals surface area (Å²) in [6.07, 6.45) is 0.299. The SMILES string of the molecule is CC(C)[C@H](N)C(=O)NCC(=O)Nc1cccc(CC(=O)N2CCN(C)CC2)c1.Cl.Cl. The number of anilines is 1. The van der Waals surface area contributed by atoms with E-state index in [4.69, 9.17) is 5.73 Å². The van der Waals surface area contributed by atoms with Crippen LogP contribution in [0.15, 0.2) is 24.3 Å². The molecule has 1 heterocycles. The van der Waals surface area contributed by atoms with Crippen molar-refractivity contribution in [2.24, 2.45) is 11.7 Å². The van der Waals surface area contributed by atoms with E-state index in [1.54, 1.807) is 18.2 Å². The fourth-order valence-corrected chi connectivity index (χ4v) is 2.89. The van der Waals surface area contributed by atoms with E-state index in [0.29, 0.717) is 12.1 Å². The number of likely N-dealkylation sites (N-methyl/N-ethyl adjacent to an activating group) is 1. The fourth-order valence-electron chi connectivity index (χ4n) is 2.89. The highest BCUT2D eigenvalue weighted by molar-refractivity contribution is 5.95. The van der Waals surface area contributed by atoms with Gasteiger partial charge in [0, 0.05) is 31.9 Å². The number of hydrogen-bond acceptors (Lipinski definition) is 5. The minimum Gasteiger partial charge on any atom is -0.346 e. The Balaban J connectivity index is 0.00000420. The lowest BCUT2D eigenvalue weighted by Crippen LogP contribution is -2.47. The summed E-state index contributed by atoms with van der Waals surface area (Å²) >= 11 is 0. The second-order valence-electron chi connectivity index (χ2n) is 7.60. The summed E-state index contributed by atoms with van der Waals surface area (Å²) in [5, 5.41) is 5.27. The molecule has 170 valence electrons. The first-order valence-electron chi connectivity index (χ1n) is 9.64. The predicted octanol–water partition coefficient (Wildman–Crippen LogP) is 0.885. The van der Waals surface area contributed by atoms with E-state index in [0.717, 1.165) is 31.7 Å². The molecule has 1 aromatic carbocycles. The molecule has 1 fully saturated rings. The van der Waals surface area contributed by atoms with Gasteiger partial charge in [-0.15, -0.1) is 24.8 Å². The highest BCUT2D eigenvalue weighted by atomic mass is 35.5. The molecule has 0 aromatic heterocycles. The highest BCUT2D eigenvalue weighted by Crippen LogP contribution is 2.13. The molecule has 0 saturated carbocycles. The van der Waals surface area contributed by atoms with E-state index in [-0.39, 0.29) is 55.0 Å². The summed E-state index contributed by atoms with van der Waals surface area (Å²) in [5.41, 5.74) is 7.19. The number of rotatable bonds is 7. The molecule has 0 radical (unpaired) electrons. The summed E-state index contributed by atoms with van der Waals surface area (Å²) < 4.78 is 0. The molecule has 2 rings (SSSR count). The maximum absolute atomic E-state index is 12.5. The van der Waals surface area contributed by atoms with Gasteiger partial charge >= 0.3 is 0 Å². The topological polar surface area (TPSA) is 108 Å². The van der Waals surface area contributed by atoms with Crippen molar-refractivity contribution >= 4 is 48.2 Å². The van der Waals surface area contributed by atoms with Gasteiger partial charge in [-0.2, -0.15) is 0 Å². The van der Waals surface area contributed by atoms with Crippen LogP contribution in [0.5, 0.6) is 0 Å². The van der Waals surface area contributed by atoms with E-state index in [9.17, 15) is 14.4 Å². The van der Waals surface area contributed by atoms with Crippen LogP contribution in [0.25, 0.3) is 0 Å². The summed E-state index contributed by atoms with van der Waals surface area (Å²) in [6.45, 7) is 6.79. The monoisotopic (exact) mass is 461 g/mol. The molecule has 0 bridgehead atoms. The summed E-state index contributed by atoms with van der Waals surface area (Å²) in [4.78, 5) is 40.4. The van der Waals surface area contributed by atoms with Crippen LogP contribution in [-0.2, 0) is 20.8 Å². The number of nitrogens with zero attached hydrogens (tertiary/aromatic N) is 2. The van der Waals surface area contributed by atoms with Gasteiger partial charge in [-0.3, -0.25) is 14.4 Å². The minimum absolute atomic E-state index is 0. The zero-order chi connectivity index (χ0) is 20.7. The molecule has 10 heteroatoms. The molecule has 1 saturated heterocycles. The van der Waals surface area contributed by atoms with Crippen LogP contribution >= 0.6 is 24.8 Å². The second kappa shape index (κ2) is 13.4. The molecule has 1 aliphatic heterocycles. The smallest absolute Gasteiger partial charge is 0.243 e. The lowest BCUT2D eigenvalue weighted by Gasteiger charge is -2.32. The molecular weight excluding hydrogens is 429 g/mol. The van der Waals surface area contributed by atoms with Gasteiger partial charge < -0.3 is 26.2 Å². The average molecular weight is 462 g/mol. The summed E-state index contributed by atoms with van der Waals surface area (Å²) in [5.74, 6) is -0.604. The van der Waals surface area contributed by atoms with Crippen LogP contribution in [0.1, 0.15) is 19.4 Å². The first-order valence-corrected chi connectivity index (χ1v) is 9.64. The largest absolute Gasteiger partial charge is 0.346 e. The third-order valence-corrected chi connectivity index (χ3v) is 4.87. The van der Waals surface area contributed by atoms with Gasteiger partial charge in [0.2, 0.25) is 17.7 Å². The van der Waals surface area contributed by atoms with E-state index in [1.807, 2.05) is 31.9 Å². The van der Waals surface area contributed by atoms with Crippen molar-refractivity contribution in [1.29, 1.82) is 0 Å². The standard InChI is InChI=1S/C20H31N5O3.2ClH/c1-14(2)19(21)20(28)22-13-17(26)23-16-6-4-5-15(11-16)12-18(27)25-9-7-24(3)8-10-25;;/h4-6,11,14,19H,7-10,12-13,21H2,1-3H3,(H,22,28)(H,23,26);2*1H/t19-;;/m0../s1. The van der Waals surface area contributed by atoms with Gasteiger partial charge in [-0.25, -0.2) is 0 Å². The van der Waals surface area contributed by atoms with Gasteiger partial charge in [-0.05, 0) is 30.7 Å². The van der Waals surface area contributed by atoms with Crippen LogP contribution in [0.3, 0.4) is 0 Å². The number of benzene rings is 1. The lowest BCUT2D eigenvalue weighted by atomic mass is 10.1. The number of carbonyl (C=O) groups excluding carboxylic acids is 3. The average Bonchev–Trinajstić information content (AvgIpc) is 2.66. The van der Waals surface area contributed by atoms with Crippen molar-refractivity contribution in [1.82, 2.24) is 15.1 Å². The molecule has 1 aromatic rings. The lowest BCUT2D eigenvalue weighted by molar-refractivity contribution is -0.132. The molecule has 30 heavy (non-hydrogen) atoms. The Morgan fingerprint density at radius 3 is 2.33 bits per heavy atom. The van der Waals surface area contributed by atoms with Crippen molar-refractivity contribution in [2.45, 2.75) is 26.3 Å². The number of carbonyl (C=O) groups is 3. The third-order valence-electron chi connectivity index (χ3n) is 4.87. The first kappa shape index (κ1) is 28.1. The Bertz CT molecular complexity index is 709. The normalized spacial score (nSPS) is 14.9. The quantitative estimate of drug-likeness (QED) is 0.558. The van der Waals surface area contributed by atoms with Gasteiger partial charge in [0.05, 0.1) is 19.0 Å². The number of halogens is 2. The van der Waals surface area contributed by atoms with Gasteiger partial charge in [-0.1, -0.05) is 26.0 Å². The van der Waals surface area contributed by atoms with Crippen molar-refractivity contribution < 1.29 is 14.4 Å².